The van der Waals surface area contributed by atoms with Gasteiger partial charge in [0, 0.05) is 11.9 Å². The molecule has 0 radical (unpaired) electrons. The fourth-order valence-corrected chi connectivity index (χ4v) is 2.52. The Kier molecular flexibility index (Phi) is 5.35. The van der Waals surface area contributed by atoms with Crippen LogP contribution in [0.4, 0.5) is 5.69 Å². The van der Waals surface area contributed by atoms with E-state index in [4.69, 9.17) is 4.74 Å². The van der Waals surface area contributed by atoms with Gasteiger partial charge in [-0.3, -0.25) is 4.79 Å². The number of esters is 1. The van der Waals surface area contributed by atoms with Crippen LogP contribution in [-0.4, -0.2) is 32.7 Å². The lowest BCUT2D eigenvalue weighted by atomic mass is 10.2. The predicted molar refractivity (Wildman–Crippen MR) is 89.5 cm³/mol. The second kappa shape index (κ2) is 7.27. The summed E-state index contributed by atoms with van der Waals surface area (Å²) in [6.07, 6.45) is 0.0864. The molecule has 126 valence electrons. The Morgan fingerprint density at radius 2 is 1.58 bits per heavy atom. The first-order chi connectivity index (χ1) is 11.3. The van der Waals surface area contributed by atoms with E-state index in [2.05, 4.69) is 5.32 Å². The van der Waals surface area contributed by atoms with E-state index in [1.54, 1.807) is 24.3 Å². The van der Waals surface area contributed by atoms with Crippen molar-refractivity contribution in [1.29, 1.82) is 0 Å². The number of benzene rings is 2. The molecule has 0 spiro atoms. The Hall–Kier alpha value is -2.67. The number of carbonyl (C=O) groups is 2. The first kappa shape index (κ1) is 17.7. The summed E-state index contributed by atoms with van der Waals surface area (Å²) in [6, 6.07) is 14.1. The minimum Gasteiger partial charge on any atom is -0.449 e. The first-order valence-corrected chi connectivity index (χ1v) is 9.03. The molecular formula is C17H17NO5S. The third-order valence-electron chi connectivity index (χ3n) is 3.21. The van der Waals surface area contributed by atoms with Crippen molar-refractivity contribution in [2.75, 3.05) is 11.6 Å². The van der Waals surface area contributed by atoms with Crippen LogP contribution in [0.3, 0.4) is 0 Å². The maximum absolute atomic E-state index is 12.0. The first-order valence-electron chi connectivity index (χ1n) is 7.14. The van der Waals surface area contributed by atoms with Gasteiger partial charge in [-0.15, -0.1) is 0 Å². The molecule has 0 saturated carbocycles. The smallest absolute Gasteiger partial charge is 0.338 e. The van der Waals surface area contributed by atoms with Gasteiger partial charge in [-0.2, -0.15) is 0 Å². The Morgan fingerprint density at radius 1 is 1.00 bits per heavy atom. The van der Waals surface area contributed by atoms with Crippen LogP contribution in [0.25, 0.3) is 0 Å². The SMILES string of the molecule is C[C@H](OC(=O)c1ccc(S(C)(=O)=O)cc1)C(=O)Nc1ccccc1. The highest BCUT2D eigenvalue weighted by Gasteiger charge is 2.19. The lowest BCUT2D eigenvalue weighted by Gasteiger charge is -2.13. The molecule has 2 aromatic rings. The van der Waals surface area contributed by atoms with Gasteiger partial charge in [-0.1, -0.05) is 18.2 Å². The van der Waals surface area contributed by atoms with Crippen molar-refractivity contribution in [2.45, 2.75) is 17.9 Å². The fourth-order valence-electron chi connectivity index (χ4n) is 1.89. The number of sulfone groups is 1. The molecular weight excluding hydrogens is 330 g/mol. The highest BCUT2D eigenvalue weighted by Crippen LogP contribution is 2.12. The molecule has 0 saturated heterocycles. The predicted octanol–water partition coefficient (Wildman–Crippen LogP) is 2.27. The molecule has 2 rings (SSSR count). The van der Waals surface area contributed by atoms with Gasteiger partial charge in [-0.25, -0.2) is 13.2 Å². The average Bonchev–Trinajstić information content (AvgIpc) is 2.55. The van der Waals surface area contributed by atoms with Crippen molar-refractivity contribution in [3.63, 3.8) is 0 Å². The normalized spacial score (nSPS) is 12.2. The maximum Gasteiger partial charge on any atom is 0.338 e. The summed E-state index contributed by atoms with van der Waals surface area (Å²) in [5, 5.41) is 2.63. The molecule has 1 N–H and O–H groups in total. The highest BCUT2D eigenvalue weighted by atomic mass is 32.2. The number of hydrogen-bond donors (Lipinski definition) is 1. The van der Waals surface area contributed by atoms with Crippen molar-refractivity contribution < 1.29 is 22.7 Å². The Balaban J connectivity index is 1.99. The number of hydrogen-bond acceptors (Lipinski definition) is 5. The molecule has 6 nitrogen and oxygen atoms in total. The lowest BCUT2D eigenvalue weighted by molar-refractivity contribution is -0.123. The van der Waals surface area contributed by atoms with Gasteiger partial charge in [0.05, 0.1) is 10.5 Å². The number of rotatable bonds is 5. The molecule has 0 unspecified atom stereocenters. The van der Waals surface area contributed by atoms with Gasteiger partial charge >= 0.3 is 5.97 Å². The molecule has 0 heterocycles. The summed E-state index contributed by atoms with van der Waals surface area (Å²) in [4.78, 5) is 24.1. The third kappa shape index (κ3) is 4.66. The Bertz CT molecular complexity index is 829. The minimum absolute atomic E-state index is 0.105. The molecule has 0 bridgehead atoms. The van der Waals surface area contributed by atoms with Crippen molar-refractivity contribution in [3.05, 3.63) is 60.2 Å². The van der Waals surface area contributed by atoms with Crippen molar-refractivity contribution in [1.82, 2.24) is 0 Å². The van der Waals surface area contributed by atoms with E-state index >= 15 is 0 Å². The zero-order valence-electron chi connectivity index (χ0n) is 13.2. The number of para-hydroxylation sites is 1. The minimum atomic E-state index is -3.33. The third-order valence-corrected chi connectivity index (χ3v) is 4.34. The van der Waals surface area contributed by atoms with Crippen molar-refractivity contribution in [3.8, 4) is 0 Å². The number of carbonyl (C=O) groups excluding carboxylic acids is 2. The molecule has 1 atom stereocenters. The summed E-state index contributed by atoms with van der Waals surface area (Å²) in [5.74, 6) is -1.16. The topological polar surface area (TPSA) is 89.5 Å². The van der Waals surface area contributed by atoms with E-state index in [-0.39, 0.29) is 10.5 Å². The summed E-state index contributed by atoms with van der Waals surface area (Å²) in [7, 11) is -3.33. The van der Waals surface area contributed by atoms with Crippen LogP contribution < -0.4 is 5.32 Å². The maximum atomic E-state index is 12.0. The molecule has 0 fully saturated rings. The standard InChI is InChI=1S/C17H17NO5S/c1-12(16(19)18-14-6-4-3-5-7-14)23-17(20)13-8-10-15(11-9-13)24(2,21)22/h3-12H,1-2H3,(H,18,19)/t12-/m0/s1. The molecule has 2 aromatic carbocycles. The van der Waals surface area contributed by atoms with Gasteiger partial charge in [0.25, 0.3) is 5.91 Å². The summed E-state index contributed by atoms with van der Waals surface area (Å²) >= 11 is 0. The van der Waals surface area contributed by atoms with Crippen LogP contribution in [0.5, 0.6) is 0 Å². The van der Waals surface area contributed by atoms with E-state index < -0.39 is 27.8 Å². The molecule has 24 heavy (non-hydrogen) atoms. The monoisotopic (exact) mass is 347 g/mol. The van der Waals surface area contributed by atoms with Crippen LogP contribution in [-0.2, 0) is 19.4 Å². The van der Waals surface area contributed by atoms with Crippen LogP contribution in [0.1, 0.15) is 17.3 Å². The van der Waals surface area contributed by atoms with Crippen LogP contribution >= 0.6 is 0 Å². The Morgan fingerprint density at radius 3 is 2.12 bits per heavy atom. The van der Waals surface area contributed by atoms with Crippen LogP contribution in [0, 0.1) is 0 Å². The molecule has 1 amide bonds. The number of ether oxygens (including phenoxy) is 1. The number of anilines is 1. The zero-order chi connectivity index (χ0) is 17.7. The summed E-state index contributed by atoms with van der Waals surface area (Å²) in [5.41, 5.74) is 0.768. The van der Waals surface area contributed by atoms with Gasteiger partial charge in [0.15, 0.2) is 15.9 Å². The van der Waals surface area contributed by atoms with Gasteiger partial charge in [-0.05, 0) is 43.3 Å². The fraction of sp³-hybridized carbons (Fsp3) is 0.176. The molecule has 7 heteroatoms. The van der Waals surface area contributed by atoms with E-state index in [1.165, 1.54) is 31.2 Å². The quantitative estimate of drug-likeness (QED) is 0.838. The van der Waals surface area contributed by atoms with Gasteiger partial charge < -0.3 is 10.1 Å². The highest BCUT2D eigenvalue weighted by molar-refractivity contribution is 7.90. The van der Waals surface area contributed by atoms with Crippen molar-refractivity contribution in [2.24, 2.45) is 0 Å². The lowest BCUT2D eigenvalue weighted by Crippen LogP contribution is -2.30. The van der Waals surface area contributed by atoms with Gasteiger partial charge in [0.1, 0.15) is 0 Å². The van der Waals surface area contributed by atoms with E-state index in [1.807, 2.05) is 6.07 Å². The summed E-state index contributed by atoms with van der Waals surface area (Å²) in [6.45, 7) is 1.46. The second-order valence-electron chi connectivity index (χ2n) is 5.20. The van der Waals surface area contributed by atoms with E-state index in [0.717, 1.165) is 6.26 Å². The van der Waals surface area contributed by atoms with Crippen LogP contribution in [0.2, 0.25) is 0 Å². The largest absolute Gasteiger partial charge is 0.449 e. The van der Waals surface area contributed by atoms with E-state index in [0.29, 0.717) is 5.69 Å². The average molecular weight is 347 g/mol. The number of nitrogens with one attached hydrogen (secondary N) is 1. The number of amides is 1. The summed E-state index contributed by atoms with van der Waals surface area (Å²) < 4.78 is 27.9. The van der Waals surface area contributed by atoms with Crippen molar-refractivity contribution >= 4 is 27.4 Å². The molecule has 0 aliphatic heterocycles. The molecule has 0 aromatic heterocycles. The van der Waals surface area contributed by atoms with Crippen LogP contribution in [0.15, 0.2) is 59.5 Å². The second-order valence-corrected chi connectivity index (χ2v) is 7.22. The molecule has 0 aliphatic rings. The van der Waals surface area contributed by atoms with E-state index in [9.17, 15) is 18.0 Å². The molecule has 0 aliphatic carbocycles. The zero-order valence-corrected chi connectivity index (χ0v) is 14.0. The Labute approximate surface area is 140 Å². The van der Waals surface area contributed by atoms with Gasteiger partial charge in [0.2, 0.25) is 0 Å².